The second-order valence-electron chi connectivity index (χ2n) is 3.55. The number of hydrogen-bond donors (Lipinski definition) is 0. The Bertz CT molecular complexity index is 605. The summed E-state index contributed by atoms with van der Waals surface area (Å²) in [6.07, 6.45) is 0. The highest BCUT2D eigenvalue weighted by molar-refractivity contribution is 9.11. The summed E-state index contributed by atoms with van der Waals surface area (Å²) in [5.41, 5.74) is 0.954. The van der Waals surface area contributed by atoms with Crippen molar-refractivity contribution in [3.8, 4) is 5.75 Å². The van der Waals surface area contributed by atoms with Gasteiger partial charge in [-0.2, -0.15) is 0 Å². The highest BCUT2D eigenvalue weighted by Gasteiger charge is 2.24. The van der Waals surface area contributed by atoms with E-state index in [4.69, 9.17) is 4.74 Å². The standard InChI is InChI=1S/C11H10BrNO3S/c1-8-4-2-3-5-9(8)16-6-11-13-10(12)7-17(11,14)15/h2-5,7H,6H2,1H3. The molecule has 0 amide bonds. The van der Waals surface area contributed by atoms with Crippen molar-refractivity contribution in [2.24, 2.45) is 4.99 Å². The van der Waals surface area contributed by atoms with Crippen LogP contribution in [-0.4, -0.2) is 20.1 Å². The third-order valence-corrected chi connectivity index (χ3v) is 4.37. The van der Waals surface area contributed by atoms with Crippen molar-refractivity contribution < 1.29 is 13.2 Å². The summed E-state index contributed by atoms with van der Waals surface area (Å²) in [5, 5.41) is 1.09. The lowest BCUT2D eigenvalue weighted by atomic mass is 10.2. The molecule has 0 fully saturated rings. The molecular formula is C11H10BrNO3S. The molecule has 1 aliphatic rings. The Morgan fingerprint density at radius 1 is 1.35 bits per heavy atom. The molecule has 1 aromatic carbocycles. The predicted octanol–water partition coefficient (Wildman–Crippen LogP) is 2.39. The molecule has 0 atom stereocenters. The topological polar surface area (TPSA) is 55.7 Å². The van der Waals surface area contributed by atoms with Crippen LogP contribution in [0.5, 0.6) is 5.75 Å². The number of halogens is 1. The van der Waals surface area contributed by atoms with Crippen molar-refractivity contribution in [3.05, 3.63) is 39.8 Å². The molecule has 1 aliphatic heterocycles. The van der Waals surface area contributed by atoms with Crippen LogP contribution in [0.2, 0.25) is 0 Å². The molecule has 0 aromatic heterocycles. The normalized spacial score (nSPS) is 17.5. The number of hydrogen-bond acceptors (Lipinski definition) is 4. The van der Waals surface area contributed by atoms with Crippen molar-refractivity contribution >= 4 is 30.8 Å². The number of benzene rings is 1. The number of ether oxygens (including phenoxy) is 1. The molecular weight excluding hydrogens is 306 g/mol. The van der Waals surface area contributed by atoms with E-state index < -0.39 is 9.84 Å². The quantitative estimate of drug-likeness (QED) is 0.805. The first-order valence-electron chi connectivity index (χ1n) is 4.87. The number of sulfone groups is 1. The molecule has 0 N–H and O–H groups in total. The van der Waals surface area contributed by atoms with Gasteiger partial charge in [0.05, 0.1) is 5.41 Å². The summed E-state index contributed by atoms with van der Waals surface area (Å²) in [6.45, 7) is 1.84. The number of rotatable bonds is 3. The van der Waals surface area contributed by atoms with Crippen LogP contribution in [0.4, 0.5) is 0 Å². The van der Waals surface area contributed by atoms with Crippen LogP contribution in [0, 0.1) is 6.92 Å². The van der Waals surface area contributed by atoms with Gasteiger partial charge >= 0.3 is 0 Å². The van der Waals surface area contributed by atoms with E-state index in [1.165, 1.54) is 0 Å². The minimum atomic E-state index is -3.40. The van der Waals surface area contributed by atoms with Gasteiger partial charge in [0, 0.05) is 0 Å². The molecule has 1 aromatic rings. The average molecular weight is 316 g/mol. The minimum Gasteiger partial charge on any atom is -0.486 e. The average Bonchev–Trinajstić information content (AvgIpc) is 2.50. The summed E-state index contributed by atoms with van der Waals surface area (Å²) >= 11 is 3.03. The summed E-state index contributed by atoms with van der Waals surface area (Å²) in [5.74, 6) is 0.661. The van der Waals surface area contributed by atoms with E-state index in [1.54, 1.807) is 6.07 Å². The maximum absolute atomic E-state index is 11.6. The van der Waals surface area contributed by atoms with Gasteiger partial charge in [0.1, 0.15) is 17.0 Å². The molecule has 0 saturated carbocycles. The lowest BCUT2D eigenvalue weighted by Gasteiger charge is -2.07. The molecule has 1 heterocycles. The van der Waals surface area contributed by atoms with Gasteiger partial charge in [-0.15, -0.1) is 0 Å². The second kappa shape index (κ2) is 4.62. The molecule has 0 saturated heterocycles. The molecule has 6 heteroatoms. The lowest BCUT2D eigenvalue weighted by molar-refractivity contribution is 0.376. The molecule has 90 valence electrons. The smallest absolute Gasteiger partial charge is 0.219 e. The Labute approximate surface area is 108 Å². The Balaban J connectivity index is 2.11. The largest absolute Gasteiger partial charge is 0.486 e. The summed E-state index contributed by atoms with van der Waals surface area (Å²) in [4.78, 5) is 3.87. The Morgan fingerprint density at radius 3 is 2.65 bits per heavy atom. The van der Waals surface area contributed by atoms with Crippen LogP contribution in [0.15, 0.2) is 39.3 Å². The van der Waals surface area contributed by atoms with E-state index in [9.17, 15) is 8.42 Å². The third-order valence-electron chi connectivity index (χ3n) is 2.26. The third kappa shape index (κ3) is 2.76. The van der Waals surface area contributed by atoms with Gasteiger partial charge in [0.15, 0.2) is 5.04 Å². The molecule has 2 rings (SSSR count). The van der Waals surface area contributed by atoms with Crippen LogP contribution < -0.4 is 4.74 Å². The maximum atomic E-state index is 11.6. The van der Waals surface area contributed by atoms with E-state index >= 15 is 0 Å². The molecule has 0 aliphatic carbocycles. The summed E-state index contributed by atoms with van der Waals surface area (Å²) in [7, 11) is -3.40. The first kappa shape index (κ1) is 12.3. The van der Waals surface area contributed by atoms with Crippen LogP contribution in [0.1, 0.15) is 5.56 Å². The van der Waals surface area contributed by atoms with Gasteiger partial charge < -0.3 is 4.74 Å². The van der Waals surface area contributed by atoms with E-state index in [1.807, 2.05) is 25.1 Å². The molecule has 0 unspecified atom stereocenters. The van der Waals surface area contributed by atoms with Crippen LogP contribution in [0.25, 0.3) is 0 Å². The first-order valence-corrected chi connectivity index (χ1v) is 7.21. The maximum Gasteiger partial charge on any atom is 0.219 e. The van der Waals surface area contributed by atoms with Crippen molar-refractivity contribution in [1.82, 2.24) is 0 Å². The molecule has 0 radical (unpaired) electrons. The van der Waals surface area contributed by atoms with Gasteiger partial charge in [-0.1, -0.05) is 18.2 Å². The fourth-order valence-corrected chi connectivity index (χ4v) is 3.34. The number of para-hydroxylation sites is 1. The zero-order valence-corrected chi connectivity index (χ0v) is 11.5. The fourth-order valence-electron chi connectivity index (χ4n) is 1.38. The van der Waals surface area contributed by atoms with Gasteiger partial charge in [-0.05, 0) is 34.5 Å². The van der Waals surface area contributed by atoms with Crippen molar-refractivity contribution in [2.75, 3.05) is 6.61 Å². The summed E-state index contributed by atoms with van der Waals surface area (Å²) < 4.78 is 28.9. The van der Waals surface area contributed by atoms with Gasteiger partial charge in [-0.25, -0.2) is 13.4 Å². The van der Waals surface area contributed by atoms with E-state index in [0.29, 0.717) is 10.4 Å². The SMILES string of the molecule is Cc1ccccc1OCC1=NC(Br)=CS1(=O)=O. The highest BCUT2D eigenvalue weighted by Crippen LogP contribution is 2.21. The Hall–Kier alpha value is -1.14. The van der Waals surface area contributed by atoms with Crippen molar-refractivity contribution in [1.29, 1.82) is 0 Å². The van der Waals surface area contributed by atoms with Crippen molar-refractivity contribution in [3.63, 3.8) is 0 Å². The lowest BCUT2D eigenvalue weighted by Crippen LogP contribution is -2.18. The monoisotopic (exact) mass is 315 g/mol. The van der Waals surface area contributed by atoms with E-state index in [2.05, 4.69) is 20.9 Å². The van der Waals surface area contributed by atoms with Crippen molar-refractivity contribution in [2.45, 2.75) is 6.92 Å². The number of aliphatic imine (C=N–C) groups is 1. The van der Waals surface area contributed by atoms with Crippen LogP contribution in [0.3, 0.4) is 0 Å². The van der Waals surface area contributed by atoms with E-state index in [-0.39, 0.29) is 11.7 Å². The van der Waals surface area contributed by atoms with Gasteiger partial charge in [0.2, 0.25) is 9.84 Å². The van der Waals surface area contributed by atoms with Crippen LogP contribution in [-0.2, 0) is 9.84 Å². The fraction of sp³-hybridized carbons (Fsp3) is 0.182. The Kier molecular flexibility index (Phi) is 3.35. The van der Waals surface area contributed by atoms with E-state index in [0.717, 1.165) is 11.0 Å². The van der Waals surface area contributed by atoms with Gasteiger partial charge in [-0.3, -0.25) is 0 Å². The van der Waals surface area contributed by atoms with Gasteiger partial charge in [0.25, 0.3) is 0 Å². The summed E-state index contributed by atoms with van der Waals surface area (Å²) in [6, 6.07) is 7.42. The molecule has 4 nitrogen and oxygen atoms in total. The zero-order valence-electron chi connectivity index (χ0n) is 9.05. The molecule has 17 heavy (non-hydrogen) atoms. The first-order chi connectivity index (χ1) is 7.99. The highest BCUT2D eigenvalue weighted by atomic mass is 79.9. The zero-order chi connectivity index (χ0) is 12.5. The number of nitrogens with zero attached hydrogens (tertiary/aromatic N) is 1. The number of aryl methyl sites for hydroxylation is 1. The second-order valence-corrected chi connectivity index (χ2v) is 6.15. The van der Waals surface area contributed by atoms with Crippen LogP contribution >= 0.6 is 15.9 Å². The Morgan fingerprint density at radius 2 is 2.06 bits per heavy atom. The predicted molar refractivity (Wildman–Crippen MR) is 70.0 cm³/mol. The molecule has 0 bridgehead atoms. The minimum absolute atomic E-state index is 0.0210. The molecule has 0 spiro atoms.